The number of aromatic amines is 2. The largest absolute Gasteiger partial charge is 0.448 e. The molecule has 0 aliphatic carbocycles. The smallest absolute Gasteiger partial charge is 0.331 e. The molecule has 114 valence electrons. The van der Waals surface area contributed by atoms with Gasteiger partial charge in [0.15, 0.2) is 4.34 Å². The van der Waals surface area contributed by atoms with E-state index < -0.39 is 29.0 Å². The number of thioether (sulfide) groups is 1. The number of halogens is 3. The lowest BCUT2D eigenvalue weighted by Gasteiger charge is -2.02. The molecule has 0 saturated carbocycles. The minimum Gasteiger partial charge on any atom is -0.331 e. The molecule has 0 aliphatic rings. The third-order valence-electron chi connectivity index (χ3n) is 1.80. The molecule has 2 rings (SSSR count). The van der Waals surface area contributed by atoms with Crippen LogP contribution < -0.4 is 16.3 Å². The van der Waals surface area contributed by atoms with Gasteiger partial charge in [-0.1, -0.05) is 11.3 Å². The van der Waals surface area contributed by atoms with Crippen molar-refractivity contribution in [2.45, 2.75) is 16.4 Å². The number of nitrogens with one attached hydrogen (secondary N) is 4. The van der Waals surface area contributed by atoms with E-state index in [4.69, 9.17) is 0 Å². The Hall–Kier alpha value is -2.09. The van der Waals surface area contributed by atoms with E-state index in [1.165, 1.54) is 0 Å². The molecule has 0 saturated heterocycles. The maximum Gasteiger partial charge on any atom is 0.448 e. The van der Waals surface area contributed by atoms with Gasteiger partial charge in [-0.25, -0.2) is 14.7 Å². The van der Waals surface area contributed by atoms with Gasteiger partial charge in [-0.2, -0.15) is 18.3 Å². The fourth-order valence-corrected chi connectivity index (χ4v) is 2.53. The summed E-state index contributed by atoms with van der Waals surface area (Å²) in [5.41, 5.74) is -4.99. The van der Waals surface area contributed by atoms with Crippen molar-refractivity contribution in [2.24, 2.45) is 0 Å². The molecule has 2 aromatic heterocycles. The average molecular weight is 341 g/mol. The highest BCUT2D eigenvalue weighted by Crippen LogP contribution is 2.38. The van der Waals surface area contributed by atoms with Gasteiger partial charge in [0.1, 0.15) is 5.82 Å². The van der Waals surface area contributed by atoms with Crippen LogP contribution in [0.15, 0.2) is 9.13 Å². The number of hydrogen-bond acceptors (Lipinski definition) is 7. The van der Waals surface area contributed by atoms with Gasteiger partial charge in [0.05, 0.1) is 6.54 Å². The first-order valence-electron chi connectivity index (χ1n) is 5.09. The highest BCUT2D eigenvalue weighted by Gasteiger charge is 2.31. The van der Waals surface area contributed by atoms with E-state index in [-0.39, 0.29) is 21.8 Å². The summed E-state index contributed by atoms with van der Waals surface area (Å²) >= 11 is 0.164. The Morgan fingerprint density at radius 3 is 2.76 bits per heavy atom. The van der Waals surface area contributed by atoms with Gasteiger partial charge in [-0.15, -0.1) is 10.2 Å². The van der Waals surface area contributed by atoms with Crippen molar-refractivity contribution in [3.63, 3.8) is 0 Å². The number of carbonyl (C=O) groups excluding carboxylic acids is 1. The SMILES string of the molecule is O=C(NCc1n[nH]c(=O)[nH]1)Nc1nnc(SC(F)(F)F)s1. The van der Waals surface area contributed by atoms with E-state index in [1.54, 1.807) is 0 Å². The quantitative estimate of drug-likeness (QED) is 0.483. The third-order valence-corrected chi connectivity index (χ3v) is 3.42. The van der Waals surface area contributed by atoms with Crippen molar-refractivity contribution in [1.29, 1.82) is 0 Å². The Morgan fingerprint density at radius 1 is 1.38 bits per heavy atom. The summed E-state index contributed by atoms with van der Waals surface area (Å²) in [7, 11) is 0. The molecular formula is C7H6F3N7O2S2. The lowest BCUT2D eigenvalue weighted by atomic mass is 10.6. The van der Waals surface area contributed by atoms with Gasteiger partial charge in [-0.05, 0) is 0 Å². The predicted octanol–water partition coefficient (Wildman–Crippen LogP) is 0.883. The number of aromatic nitrogens is 5. The van der Waals surface area contributed by atoms with Crippen LogP contribution in [0, 0.1) is 0 Å². The summed E-state index contributed by atoms with van der Waals surface area (Å²) in [4.78, 5) is 24.5. The van der Waals surface area contributed by atoms with Gasteiger partial charge in [0.25, 0.3) is 0 Å². The summed E-state index contributed by atoms with van der Waals surface area (Å²) in [5, 5.41) is 16.8. The summed E-state index contributed by atoms with van der Waals surface area (Å²) < 4.78 is 35.9. The van der Waals surface area contributed by atoms with Crippen LogP contribution in [-0.4, -0.2) is 36.9 Å². The molecule has 0 fully saturated rings. The number of hydrogen-bond donors (Lipinski definition) is 4. The number of carbonyl (C=O) groups is 1. The molecule has 0 aliphatic heterocycles. The molecular weight excluding hydrogens is 335 g/mol. The number of amides is 2. The Morgan fingerprint density at radius 2 is 2.14 bits per heavy atom. The van der Waals surface area contributed by atoms with E-state index in [0.717, 1.165) is 0 Å². The number of rotatable bonds is 4. The second-order valence-electron chi connectivity index (χ2n) is 3.35. The molecule has 21 heavy (non-hydrogen) atoms. The molecule has 2 amide bonds. The maximum absolute atomic E-state index is 12.1. The van der Waals surface area contributed by atoms with Crippen LogP contribution in [0.3, 0.4) is 0 Å². The van der Waals surface area contributed by atoms with E-state index in [9.17, 15) is 22.8 Å². The molecule has 9 nitrogen and oxygen atoms in total. The maximum atomic E-state index is 12.1. The number of alkyl halides is 3. The molecule has 0 radical (unpaired) electrons. The van der Waals surface area contributed by atoms with E-state index in [1.807, 2.05) is 0 Å². The van der Waals surface area contributed by atoms with Crippen LogP contribution in [0.2, 0.25) is 0 Å². The lowest BCUT2D eigenvalue weighted by Crippen LogP contribution is -2.28. The standard InChI is InChI=1S/C7H6F3N7O2S2/c8-7(9,10)21-6-17-16-5(20-6)13-3(18)11-1-2-12-4(19)15-14-2/h1H2,(H2,11,13,16,18)(H2,12,14,15,19). The highest BCUT2D eigenvalue weighted by molar-refractivity contribution is 8.01. The fraction of sp³-hybridized carbons (Fsp3) is 0.286. The zero-order chi connectivity index (χ0) is 15.5. The summed E-state index contributed by atoms with van der Waals surface area (Å²) in [6.07, 6.45) is 0. The predicted molar refractivity (Wildman–Crippen MR) is 66.9 cm³/mol. The van der Waals surface area contributed by atoms with Crippen molar-refractivity contribution in [2.75, 3.05) is 5.32 Å². The number of urea groups is 1. The van der Waals surface area contributed by atoms with Gasteiger partial charge < -0.3 is 5.32 Å². The van der Waals surface area contributed by atoms with E-state index >= 15 is 0 Å². The third kappa shape index (κ3) is 5.07. The van der Waals surface area contributed by atoms with E-state index in [0.29, 0.717) is 11.3 Å². The molecule has 0 spiro atoms. The molecule has 14 heteroatoms. The molecule has 2 aromatic rings. The van der Waals surface area contributed by atoms with Crippen LogP contribution in [0.5, 0.6) is 0 Å². The van der Waals surface area contributed by atoms with Crippen molar-refractivity contribution in [3.05, 3.63) is 16.3 Å². The topological polar surface area (TPSA) is 128 Å². The van der Waals surface area contributed by atoms with Gasteiger partial charge in [0, 0.05) is 11.8 Å². The van der Waals surface area contributed by atoms with Crippen LogP contribution in [0.1, 0.15) is 5.82 Å². The second kappa shape index (κ2) is 6.13. The monoisotopic (exact) mass is 341 g/mol. The Balaban J connectivity index is 1.84. The molecule has 0 atom stereocenters. The van der Waals surface area contributed by atoms with Crippen LogP contribution in [-0.2, 0) is 6.54 Å². The van der Waals surface area contributed by atoms with Crippen LogP contribution in [0.4, 0.5) is 23.1 Å². The lowest BCUT2D eigenvalue weighted by molar-refractivity contribution is -0.0328. The zero-order valence-electron chi connectivity index (χ0n) is 9.82. The van der Waals surface area contributed by atoms with Crippen LogP contribution in [0.25, 0.3) is 0 Å². The fourth-order valence-electron chi connectivity index (χ4n) is 1.09. The molecule has 2 heterocycles. The van der Waals surface area contributed by atoms with Gasteiger partial charge in [0.2, 0.25) is 5.13 Å². The number of H-pyrrole nitrogens is 2. The summed E-state index contributed by atoms with van der Waals surface area (Å²) in [5.74, 6) is 0.195. The zero-order valence-corrected chi connectivity index (χ0v) is 11.4. The van der Waals surface area contributed by atoms with Crippen molar-refractivity contribution < 1.29 is 18.0 Å². The Labute approximate surface area is 121 Å². The molecule has 0 bridgehead atoms. The normalized spacial score (nSPS) is 11.4. The van der Waals surface area contributed by atoms with Crippen molar-refractivity contribution >= 4 is 34.3 Å². The minimum atomic E-state index is -4.47. The molecule has 0 aromatic carbocycles. The summed E-state index contributed by atoms with van der Waals surface area (Å²) in [6.45, 7) is -0.0759. The average Bonchev–Trinajstić information content (AvgIpc) is 2.94. The first-order valence-corrected chi connectivity index (χ1v) is 6.73. The first-order chi connectivity index (χ1) is 9.82. The summed E-state index contributed by atoms with van der Waals surface area (Å²) in [6, 6.07) is -0.724. The molecule has 0 unspecified atom stereocenters. The van der Waals surface area contributed by atoms with Crippen molar-refractivity contribution in [1.82, 2.24) is 30.7 Å². The number of nitrogens with zero attached hydrogens (tertiary/aromatic N) is 3. The highest BCUT2D eigenvalue weighted by atomic mass is 32.2. The van der Waals surface area contributed by atoms with Gasteiger partial charge in [-0.3, -0.25) is 10.3 Å². The van der Waals surface area contributed by atoms with Crippen LogP contribution >= 0.6 is 23.1 Å². The van der Waals surface area contributed by atoms with Gasteiger partial charge >= 0.3 is 17.2 Å². The number of anilines is 1. The second-order valence-corrected chi connectivity index (χ2v) is 5.64. The Kier molecular flexibility index (Phi) is 4.46. The minimum absolute atomic E-state index is 0.0759. The van der Waals surface area contributed by atoms with E-state index in [2.05, 4.69) is 36.0 Å². The Bertz CT molecular complexity index is 678. The van der Waals surface area contributed by atoms with Crippen molar-refractivity contribution in [3.8, 4) is 0 Å². The first kappa shape index (κ1) is 15.3. The molecule has 4 N–H and O–H groups in total.